The predicted octanol–water partition coefficient (Wildman–Crippen LogP) is 2.01. The zero-order valence-electron chi connectivity index (χ0n) is 11.3. The van der Waals surface area contributed by atoms with Crippen molar-refractivity contribution in [1.29, 1.82) is 0 Å². The Morgan fingerprint density at radius 1 is 1.53 bits per heavy atom. The van der Waals surface area contributed by atoms with Gasteiger partial charge in [-0.2, -0.15) is 0 Å². The lowest BCUT2D eigenvalue weighted by atomic mass is 9.92. The summed E-state index contributed by atoms with van der Waals surface area (Å²) >= 11 is 0. The average molecular weight is 265 g/mol. The monoisotopic (exact) mass is 265 g/mol. The zero-order valence-corrected chi connectivity index (χ0v) is 11.3. The summed E-state index contributed by atoms with van der Waals surface area (Å²) in [6.07, 6.45) is 3.67. The molecule has 0 saturated heterocycles. The van der Waals surface area contributed by atoms with Gasteiger partial charge in [-0.1, -0.05) is 26.5 Å². The molecule has 1 aromatic rings. The van der Waals surface area contributed by atoms with Crippen LogP contribution in [0.4, 0.5) is 0 Å². The molecular weight excluding hydrogens is 246 g/mol. The van der Waals surface area contributed by atoms with Gasteiger partial charge in [0.05, 0.1) is 0 Å². The molecule has 0 aliphatic heterocycles. The Kier molecular flexibility index (Phi) is 4.92. The van der Waals surface area contributed by atoms with E-state index in [1.807, 2.05) is 0 Å². The van der Waals surface area contributed by atoms with Gasteiger partial charge in [-0.25, -0.2) is 4.79 Å². The highest BCUT2D eigenvalue weighted by atomic mass is 16.5. The normalized spacial score (nSPS) is 11.1. The van der Waals surface area contributed by atoms with Gasteiger partial charge in [0.15, 0.2) is 5.75 Å². The molecule has 0 atom stereocenters. The van der Waals surface area contributed by atoms with E-state index >= 15 is 0 Å². The van der Waals surface area contributed by atoms with Gasteiger partial charge in [-0.3, -0.25) is 9.36 Å². The van der Waals surface area contributed by atoms with E-state index in [0.29, 0.717) is 12.8 Å². The second-order valence-electron chi connectivity index (χ2n) is 4.19. The Morgan fingerprint density at radius 2 is 2.16 bits per heavy atom. The molecule has 104 valence electrons. The van der Waals surface area contributed by atoms with Crippen molar-refractivity contribution in [2.75, 3.05) is 6.61 Å². The third-order valence-electron chi connectivity index (χ3n) is 3.30. The van der Waals surface area contributed by atoms with Gasteiger partial charge >= 0.3 is 5.97 Å². The number of aliphatic carboxylic acids is 1. The molecule has 0 saturated carbocycles. The van der Waals surface area contributed by atoms with Crippen LogP contribution in [0.3, 0.4) is 0 Å². The number of rotatable bonds is 7. The molecule has 5 nitrogen and oxygen atoms in total. The van der Waals surface area contributed by atoms with Crippen molar-refractivity contribution in [3.05, 3.63) is 41.3 Å². The summed E-state index contributed by atoms with van der Waals surface area (Å²) in [5.74, 6) is -0.879. The minimum absolute atomic E-state index is 0.134. The van der Waals surface area contributed by atoms with E-state index in [-0.39, 0.29) is 12.4 Å². The number of pyridine rings is 1. The number of hydrogen-bond donors (Lipinski definition) is 1. The van der Waals surface area contributed by atoms with Gasteiger partial charge in [-0.05, 0) is 25.0 Å². The quantitative estimate of drug-likeness (QED) is 0.766. The summed E-state index contributed by atoms with van der Waals surface area (Å²) < 4.78 is 6.49. The molecule has 0 aliphatic rings. The Morgan fingerprint density at radius 3 is 2.63 bits per heavy atom. The number of nitrogens with zero attached hydrogens (tertiary/aromatic N) is 1. The van der Waals surface area contributed by atoms with Crippen molar-refractivity contribution in [3.63, 3.8) is 0 Å². The van der Waals surface area contributed by atoms with Gasteiger partial charge in [0, 0.05) is 6.20 Å². The highest BCUT2D eigenvalue weighted by Crippen LogP contribution is 2.24. The van der Waals surface area contributed by atoms with Crippen LogP contribution in [0.1, 0.15) is 26.7 Å². The number of carboxylic acids is 1. The van der Waals surface area contributed by atoms with Gasteiger partial charge in [0.2, 0.25) is 0 Å². The zero-order chi connectivity index (χ0) is 14.5. The number of carbonyl (C=O) groups is 1. The SMILES string of the molecule is C=CCOc1cccn(C(CC)(CC)C(=O)O)c1=O. The third-order valence-corrected chi connectivity index (χ3v) is 3.30. The topological polar surface area (TPSA) is 68.5 Å². The van der Waals surface area contributed by atoms with Gasteiger partial charge in [0.25, 0.3) is 5.56 Å². The summed E-state index contributed by atoms with van der Waals surface area (Å²) in [6.45, 7) is 7.22. The Balaban J connectivity index is 3.37. The Bertz CT molecular complexity index is 514. The first kappa shape index (κ1) is 15.0. The standard InChI is InChI=1S/C14H19NO4/c1-4-10-19-11-8-7-9-15(12(11)16)14(5-2,6-3)13(17)18/h4,7-9H,1,5-6,10H2,2-3H3,(H,17,18). The van der Waals surface area contributed by atoms with Crippen molar-refractivity contribution in [2.45, 2.75) is 32.2 Å². The predicted molar refractivity (Wildman–Crippen MR) is 72.6 cm³/mol. The fraction of sp³-hybridized carbons (Fsp3) is 0.429. The second-order valence-corrected chi connectivity index (χ2v) is 4.19. The lowest BCUT2D eigenvalue weighted by molar-refractivity contribution is -0.148. The molecule has 0 aliphatic carbocycles. The van der Waals surface area contributed by atoms with E-state index in [4.69, 9.17) is 4.74 Å². The number of carboxylic acid groups (broad SMARTS) is 1. The lowest BCUT2D eigenvalue weighted by Gasteiger charge is -2.29. The molecule has 0 radical (unpaired) electrons. The van der Waals surface area contributed by atoms with Crippen molar-refractivity contribution in [2.24, 2.45) is 0 Å². The number of ether oxygens (including phenoxy) is 1. The maximum Gasteiger partial charge on any atom is 0.329 e. The van der Waals surface area contributed by atoms with E-state index in [1.165, 1.54) is 22.9 Å². The van der Waals surface area contributed by atoms with E-state index in [2.05, 4.69) is 6.58 Å². The Labute approximate surface area is 112 Å². The third kappa shape index (κ3) is 2.70. The van der Waals surface area contributed by atoms with E-state index in [9.17, 15) is 14.7 Å². The molecule has 0 unspecified atom stereocenters. The van der Waals surface area contributed by atoms with Crippen LogP contribution in [0.25, 0.3) is 0 Å². The van der Waals surface area contributed by atoms with Gasteiger partial charge in [-0.15, -0.1) is 0 Å². The number of hydrogen-bond acceptors (Lipinski definition) is 3. The summed E-state index contributed by atoms with van der Waals surface area (Å²) in [6, 6.07) is 3.14. The lowest BCUT2D eigenvalue weighted by Crippen LogP contribution is -2.46. The first-order valence-electron chi connectivity index (χ1n) is 6.22. The molecular formula is C14H19NO4. The van der Waals surface area contributed by atoms with Crippen molar-refractivity contribution in [1.82, 2.24) is 4.57 Å². The molecule has 19 heavy (non-hydrogen) atoms. The molecule has 0 aromatic carbocycles. The minimum Gasteiger partial charge on any atom is -0.484 e. The summed E-state index contributed by atoms with van der Waals surface area (Å²) in [5, 5.41) is 9.45. The van der Waals surface area contributed by atoms with Crippen LogP contribution in [0.5, 0.6) is 5.75 Å². The smallest absolute Gasteiger partial charge is 0.329 e. The first-order chi connectivity index (χ1) is 9.03. The summed E-state index contributed by atoms with van der Waals surface area (Å²) in [4.78, 5) is 23.8. The van der Waals surface area contributed by atoms with Crippen LogP contribution < -0.4 is 10.3 Å². The molecule has 1 heterocycles. The maximum atomic E-state index is 12.3. The fourth-order valence-corrected chi connectivity index (χ4v) is 2.07. The summed E-state index contributed by atoms with van der Waals surface area (Å²) in [5.41, 5.74) is -1.67. The fourth-order valence-electron chi connectivity index (χ4n) is 2.07. The van der Waals surface area contributed by atoms with Crippen LogP contribution in [0, 0.1) is 0 Å². The van der Waals surface area contributed by atoms with Crippen LogP contribution in [0.2, 0.25) is 0 Å². The molecule has 1 N–H and O–H groups in total. The van der Waals surface area contributed by atoms with Gasteiger partial charge in [0.1, 0.15) is 12.1 Å². The molecule has 0 spiro atoms. The number of aromatic nitrogens is 1. The van der Waals surface area contributed by atoms with Crippen LogP contribution in [-0.4, -0.2) is 22.2 Å². The largest absolute Gasteiger partial charge is 0.484 e. The molecule has 1 aromatic heterocycles. The van der Waals surface area contributed by atoms with Crippen molar-refractivity contribution < 1.29 is 14.6 Å². The molecule has 0 amide bonds. The van der Waals surface area contributed by atoms with Crippen molar-refractivity contribution >= 4 is 5.97 Å². The summed E-state index contributed by atoms with van der Waals surface area (Å²) in [7, 11) is 0. The first-order valence-corrected chi connectivity index (χ1v) is 6.22. The van der Waals surface area contributed by atoms with Crippen LogP contribution >= 0.6 is 0 Å². The van der Waals surface area contributed by atoms with E-state index in [1.54, 1.807) is 19.9 Å². The minimum atomic E-state index is -1.23. The van der Waals surface area contributed by atoms with E-state index in [0.717, 1.165) is 0 Å². The molecule has 0 bridgehead atoms. The molecule has 1 rings (SSSR count). The molecule has 0 fully saturated rings. The maximum absolute atomic E-state index is 12.3. The second kappa shape index (κ2) is 6.22. The highest BCUT2D eigenvalue weighted by molar-refractivity contribution is 5.76. The van der Waals surface area contributed by atoms with Crippen molar-refractivity contribution in [3.8, 4) is 5.75 Å². The highest BCUT2D eigenvalue weighted by Gasteiger charge is 2.38. The van der Waals surface area contributed by atoms with Crippen LogP contribution in [-0.2, 0) is 10.3 Å². The van der Waals surface area contributed by atoms with E-state index < -0.39 is 17.1 Å². The van der Waals surface area contributed by atoms with Gasteiger partial charge < -0.3 is 9.84 Å². The molecule has 5 heteroatoms. The average Bonchev–Trinajstić information content (AvgIpc) is 2.40. The Hall–Kier alpha value is -2.04. The van der Waals surface area contributed by atoms with Crippen LogP contribution in [0.15, 0.2) is 35.8 Å².